The zero-order chi connectivity index (χ0) is 10.8. The summed E-state index contributed by atoms with van der Waals surface area (Å²) in [4.78, 5) is 0. The maximum absolute atomic E-state index is 9.65. The van der Waals surface area contributed by atoms with Crippen LogP contribution in [0.25, 0.3) is 10.8 Å². The molecule has 0 aliphatic rings. The lowest BCUT2D eigenvalue weighted by atomic mass is 10.0. The second-order valence-corrected chi connectivity index (χ2v) is 3.56. The molecule has 4 N–H and O–H groups in total. The summed E-state index contributed by atoms with van der Waals surface area (Å²) in [6, 6.07) is 8.70. The summed E-state index contributed by atoms with van der Waals surface area (Å²) >= 11 is 0. The van der Waals surface area contributed by atoms with Crippen LogP contribution in [0, 0.1) is 0 Å². The Balaban J connectivity index is 0.00000128. The molecule has 2 aromatic rings. The summed E-state index contributed by atoms with van der Waals surface area (Å²) in [5, 5.41) is 20.5. The van der Waals surface area contributed by atoms with Crippen molar-refractivity contribution < 1.29 is 10.2 Å². The summed E-state index contributed by atoms with van der Waals surface area (Å²) in [6.07, 6.45) is 0.788. The third kappa shape index (κ3) is 2.38. The van der Waals surface area contributed by atoms with Crippen LogP contribution in [0.3, 0.4) is 0 Å². The van der Waals surface area contributed by atoms with Crippen LogP contribution in [0.4, 0.5) is 0 Å². The van der Waals surface area contributed by atoms with E-state index in [1.807, 2.05) is 18.2 Å². The number of halogens is 1. The number of phenolic OH excluding ortho intramolecular Hbond substituents is 2. The molecule has 0 amide bonds. The summed E-state index contributed by atoms with van der Waals surface area (Å²) < 4.78 is 0. The van der Waals surface area contributed by atoms with E-state index in [-0.39, 0.29) is 23.9 Å². The van der Waals surface area contributed by atoms with Gasteiger partial charge in [0.2, 0.25) is 0 Å². The first kappa shape index (κ1) is 12.6. The van der Waals surface area contributed by atoms with Crippen LogP contribution < -0.4 is 5.73 Å². The van der Waals surface area contributed by atoms with E-state index in [4.69, 9.17) is 5.73 Å². The first-order valence-corrected chi connectivity index (χ1v) is 4.85. The van der Waals surface area contributed by atoms with Crippen molar-refractivity contribution in [2.45, 2.75) is 6.42 Å². The molecular formula is C12H14ClNO2. The van der Waals surface area contributed by atoms with Crippen LogP contribution >= 0.6 is 12.4 Å². The van der Waals surface area contributed by atoms with Gasteiger partial charge in [0.25, 0.3) is 0 Å². The van der Waals surface area contributed by atoms with Crippen LogP contribution in [-0.2, 0) is 6.42 Å². The van der Waals surface area contributed by atoms with Crippen molar-refractivity contribution in [2.24, 2.45) is 5.73 Å². The second-order valence-electron chi connectivity index (χ2n) is 3.56. The molecule has 0 saturated heterocycles. The highest BCUT2D eigenvalue weighted by molar-refractivity contribution is 5.90. The molecule has 4 heteroatoms. The van der Waals surface area contributed by atoms with Gasteiger partial charge in [-0.2, -0.15) is 0 Å². The lowest BCUT2D eigenvalue weighted by Gasteiger charge is -2.05. The number of benzene rings is 2. The molecule has 0 spiro atoms. The molecule has 86 valence electrons. The normalized spacial score (nSPS) is 10.1. The van der Waals surface area contributed by atoms with Gasteiger partial charge in [-0.1, -0.05) is 12.1 Å². The predicted octanol–water partition coefficient (Wildman–Crippen LogP) is 2.17. The maximum atomic E-state index is 9.65. The minimum Gasteiger partial charge on any atom is -0.508 e. The lowest BCUT2D eigenvalue weighted by Crippen LogP contribution is -2.02. The van der Waals surface area contributed by atoms with Crippen molar-refractivity contribution >= 4 is 23.2 Å². The number of fused-ring (bicyclic) bond motifs is 1. The molecule has 0 radical (unpaired) electrons. The highest BCUT2D eigenvalue weighted by atomic mass is 35.5. The zero-order valence-electron chi connectivity index (χ0n) is 8.68. The van der Waals surface area contributed by atoms with Crippen molar-refractivity contribution in [1.29, 1.82) is 0 Å². The van der Waals surface area contributed by atoms with E-state index in [1.165, 1.54) is 6.07 Å². The molecule has 0 aromatic heterocycles. The molecule has 0 aliphatic heterocycles. The minimum absolute atomic E-state index is 0. The molecule has 0 atom stereocenters. The van der Waals surface area contributed by atoms with Crippen LogP contribution in [0.5, 0.6) is 11.5 Å². The molecule has 3 nitrogen and oxygen atoms in total. The molecule has 0 fully saturated rings. The van der Waals surface area contributed by atoms with Gasteiger partial charge in [-0.25, -0.2) is 0 Å². The highest BCUT2D eigenvalue weighted by Gasteiger charge is 2.03. The van der Waals surface area contributed by atoms with Gasteiger partial charge < -0.3 is 15.9 Å². The summed E-state index contributed by atoms with van der Waals surface area (Å²) in [6.45, 7) is 0.588. The highest BCUT2D eigenvalue weighted by Crippen LogP contribution is 2.30. The number of rotatable bonds is 2. The van der Waals surface area contributed by atoms with Crippen LogP contribution in [-0.4, -0.2) is 16.8 Å². The molecule has 2 rings (SSSR count). The van der Waals surface area contributed by atoms with Crippen molar-refractivity contribution in [3.63, 3.8) is 0 Å². The van der Waals surface area contributed by atoms with Gasteiger partial charge in [-0.3, -0.25) is 0 Å². The number of hydrogen-bond acceptors (Lipinski definition) is 3. The van der Waals surface area contributed by atoms with E-state index < -0.39 is 0 Å². The molecule has 0 unspecified atom stereocenters. The standard InChI is InChI=1S/C12H13NO2.ClH/c13-4-3-8-1-2-9-6-10(14)7-12(15)11(9)5-8;/h1-2,5-7,14-15H,3-4,13H2;1H. The summed E-state index contributed by atoms with van der Waals surface area (Å²) in [5.41, 5.74) is 6.55. The molecule has 0 saturated carbocycles. The fraction of sp³-hybridized carbons (Fsp3) is 0.167. The fourth-order valence-corrected chi connectivity index (χ4v) is 1.69. The van der Waals surface area contributed by atoms with E-state index >= 15 is 0 Å². The Morgan fingerprint density at radius 3 is 2.50 bits per heavy atom. The van der Waals surface area contributed by atoms with Gasteiger partial charge in [0.05, 0.1) is 0 Å². The third-order valence-corrected chi connectivity index (χ3v) is 2.41. The Labute approximate surface area is 99.9 Å². The first-order valence-electron chi connectivity index (χ1n) is 4.85. The second kappa shape index (κ2) is 5.05. The molecule has 16 heavy (non-hydrogen) atoms. The van der Waals surface area contributed by atoms with Gasteiger partial charge in [-0.05, 0) is 36.0 Å². The van der Waals surface area contributed by atoms with Crippen LogP contribution in [0.15, 0.2) is 30.3 Å². The van der Waals surface area contributed by atoms with Crippen molar-refractivity contribution in [3.05, 3.63) is 35.9 Å². The predicted molar refractivity (Wildman–Crippen MR) is 67.3 cm³/mol. The maximum Gasteiger partial charge on any atom is 0.127 e. The minimum atomic E-state index is 0. The SMILES string of the molecule is Cl.NCCc1ccc2cc(O)cc(O)c2c1. The van der Waals surface area contributed by atoms with Gasteiger partial charge in [0, 0.05) is 11.5 Å². The largest absolute Gasteiger partial charge is 0.508 e. The van der Waals surface area contributed by atoms with E-state index in [9.17, 15) is 10.2 Å². The number of phenols is 2. The third-order valence-electron chi connectivity index (χ3n) is 2.41. The quantitative estimate of drug-likeness (QED) is 0.753. The fourth-order valence-electron chi connectivity index (χ4n) is 1.69. The summed E-state index contributed by atoms with van der Waals surface area (Å²) in [5.74, 6) is 0.176. The molecular weight excluding hydrogens is 226 g/mol. The number of aromatic hydroxyl groups is 2. The van der Waals surface area contributed by atoms with E-state index in [1.54, 1.807) is 6.07 Å². The van der Waals surface area contributed by atoms with Crippen molar-refractivity contribution in [2.75, 3.05) is 6.54 Å². The van der Waals surface area contributed by atoms with Gasteiger partial charge in [-0.15, -0.1) is 12.4 Å². The Kier molecular flexibility index (Phi) is 3.99. The first-order chi connectivity index (χ1) is 7.20. The smallest absolute Gasteiger partial charge is 0.127 e. The lowest BCUT2D eigenvalue weighted by molar-refractivity contribution is 0.455. The van der Waals surface area contributed by atoms with E-state index in [2.05, 4.69) is 0 Å². The average Bonchev–Trinajstić information content (AvgIpc) is 2.19. The summed E-state index contributed by atoms with van der Waals surface area (Å²) in [7, 11) is 0. The monoisotopic (exact) mass is 239 g/mol. The van der Waals surface area contributed by atoms with Crippen LogP contribution in [0.1, 0.15) is 5.56 Å². The number of nitrogens with two attached hydrogens (primary N) is 1. The van der Waals surface area contributed by atoms with E-state index in [0.29, 0.717) is 6.54 Å². The Bertz CT molecular complexity index is 500. The van der Waals surface area contributed by atoms with Crippen molar-refractivity contribution in [1.82, 2.24) is 0 Å². The number of hydrogen-bond donors (Lipinski definition) is 3. The molecule has 0 heterocycles. The average molecular weight is 240 g/mol. The molecule has 0 aliphatic carbocycles. The Morgan fingerprint density at radius 1 is 1.06 bits per heavy atom. The molecule has 2 aromatic carbocycles. The Hall–Kier alpha value is -1.45. The Morgan fingerprint density at radius 2 is 1.81 bits per heavy atom. The van der Waals surface area contributed by atoms with E-state index in [0.717, 1.165) is 22.8 Å². The van der Waals surface area contributed by atoms with Gasteiger partial charge in [0.15, 0.2) is 0 Å². The zero-order valence-corrected chi connectivity index (χ0v) is 9.50. The topological polar surface area (TPSA) is 66.5 Å². The van der Waals surface area contributed by atoms with Crippen molar-refractivity contribution in [3.8, 4) is 11.5 Å². The van der Waals surface area contributed by atoms with Crippen LogP contribution in [0.2, 0.25) is 0 Å². The van der Waals surface area contributed by atoms with Gasteiger partial charge in [0.1, 0.15) is 11.5 Å². The van der Waals surface area contributed by atoms with Gasteiger partial charge >= 0.3 is 0 Å². The molecule has 0 bridgehead atoms.